The van der Waals surface area contributed by atoms with Crippen molar-refractivity contribution in [3.8, 4) is 0 Å². The second kappa shape index (κ2) is 3.14. The van der Waals surface area contributed by atoms with Crippen molar-refractivity contribution in [3.63, 3.8) is 0 Å². The molecule has 2 atom stereocenters. The normalized spacial score (nSPS) is 44.7. The largest absolute Gasteiger partial charge is 0.396 e. The third kappa shape index (κ3) is 1.96. The number of rotatable bonds is 2. The second-order valence-electron chi connectivity index (χ2n) is 4.65. The third-order valence-electron chi connectivity index (χ3n) is 3.32. The van der Waals surface area contributed by atoms with Crippen LogP contribution >= 0.6 is 0 Å². The molecule has 1 aliphatic rings. The molecule has 1 saturated carbocycles. The van der Waals surface area contributed by atoms with E-state index in [1.54, 1.807) is 0 Å². The van der Waals surface area contributed by atoms with Gasteiger partial charge >= 0.3 is 0 Å². The summed E-state index contributed by atoms with van der Waals surface area (Å²) in [6.07, 6.45) is 3.59. The van der Waals surface area contributed by atoms with Crippen molar-refractivity contribution in [2.75, 3.05) is 6.61 Å². The van der Waals surface area contributed by atoms with E-state index in [1.807, 2.05) is 0 Å². The molecule has 11 heavy (non-hydrogen) atoms. The first-order chi connectivity index (χ1) is 5.07. The Morgan fingerprint density at radius 1 is 1.27 bits per heavy atom. The van der Waals surface area contributed by atoms with Gasteiger partial charge in [0, 0.05) is 6.61 Å². The molecule has 0 heterocycles. The van der Waals surface area contributed by atoms with Crippen molar-refractivity contribution in [2.24, 2.45) is 17.3 Å². The van der Waals surface area contributed by atoms with Crippen LogP contribution in [-0.2, 0) is 0 Å². The average Bonchev–Trinajstić information content (AvgIpc) is 2.08. The molecule has 1 nitrogen and oxygen atoms in total. The van der Waals surface area contributed by atoms with Gasteiger partial charge in [-0.1, -0.05) is 20.8 Å². The van der Waals surface area contributed by atoms with Gasteiger partial charge in [0.1, 0.15) is 0 Å². The molecular formula is C10H20O. The summed E-state index contributed by atoms with van der Waals surface area (Å²) in [4.78, 5) is 0. The Hall–Kier alpha value is -0.0400. The molecule has 66 valence electrons. The van der Waals surface area contributed by atoms with E-state index in [0.717, 1.165) is 18.3 Å². The van der Waals surface area contributed by atoms with Crippen LogP contribution in [0.15, 0.2) is 0 Å². The van der Waals surface area contributed by atoms with Crippen LogP contribution in [0.25, 0.3) is 0 Å². The molecule has 0 saturated heterocycles. The monoisotopic (exact) mass is 156 g/mol. The molecule has 1 rings (SSSR count). The summed E-state index contributed by atoms with van der Waals surface area (Å²) >= 11 is 0. The van der Waals surface area contributed by atoms with E-state index in [1.165, 1.54) is 12.8 Å². The van der Waals surface area contributed by atoms with Gasteiger partial charge in [-0.3, -0.25) is 0 Å². The summed E-state index contributed by atoms with van der Waals surface area (Å²) in [5.74, 6) is 1.71. The molecule has 1 fully saturated rings. The lowest BCUT2D eigenvalue weighted by Crippen LogP contribution is -2.13. The minimum atomic E-state index is 0.357. The van der Waals surface area contributed by atoms with Gasteiger partial charge in [0.2, 0.25) is 0 Å². The van der Waals surface area contributed by atoms with Crippen LogP contribution in [0.4, 0.5) is 0 Å². The molecule has 0 spiro atoms. The smallest absolute Gasteiger partial charge is 0.0436 e. The molecular weight excluding hydrogens is 136 g/mol. The van der Waals surface area contributed by atoms with Crippen molar-refractivity contribution in [1.82, 2.24) is 0 Å². The summed E-state index contributed by atoms with van der Waals surface area (Å²) in [7, 11) is 0. The summed E-state index contributed by atoms with van der Waals surface area (Å²) in [5, 5.41) is 8.86. The fourth-order valence-electron chi connectivity index (χ4n) is 2.51. The SMILES string of the molecule is CC1CC(C)(CCO)CC1C. The van der Waals surface area contributed by atoms with Crippen LogP contribution in [0.2, 0.25) is 0 Å². The van der Waals surface area contributed by atoms with Crippen LogP contribution in [0.3, 0.4) is 0 Å². The van der Waals surface area contributed by atoms with E-state index in [2.05, 4.69) is 20.8 Å². The van der Waals surface area contributed by atoms with E-state index in [0.29, 0.717) is 12.0 Å². The number of aliphatic hydroxyl groups is 1. The molecule has 0 amide bonds. The van der Waals surface area contributed by atoms with E-state index >= 15 is 0 Å². The van der Waals surface area contributed by atoms with Crippen molar-refractivity contribution in [1.29, 1.82) is 0 Å². The Morgan fingerprint density at radius 2 is 1.73 bits per heavy atom. The van der Waals surface area contributed by atoms with Crippen LogP contribution < -0.4 is 0 Å². The summed E-state index contributed by atoms with van der Waals surface area (Å²) in [6.45, 7) is 7.32. The lowest BCUT2D eigenvalue weighted by molar-refractivity contribution is 0.195. The molecule has 0 aromatic carbocycles. The zero-order valence-electron chi connectivity index (χ0n) is 7.93. The lowest BCUT2D eigenvalue weighted by Gasteiger charge is -2.22. The van der Waals surface area contributed by atoms with E-state index in [9.17, 15) is 0 Å². The second-order valence-corrected chi connectivity index (χ2v) is 4.65. The first-order valence-corrected chi connectivity index (χ1v) is 4.68. The zero-order valence-corrected chi connectivity index (χ0v) is 7.93. The molecule has 0 aromatic heterocycles. The van der Waals surface area contributed by atoms with Crippen molar-refractivity contribution >= 4 is 0 Å². The molecule has 1 N–H and O–H groups in total. The van der Waals surface area contributed by atoms with Gasteiger partial charge in [0.15, 0.2) is 0 Å². The zero-order chi connectivity index (χ0) is 8.48. The topological polar surface area (TPSA) is 20.2 Å². The van der Waals surface area contributed by atoms with Crippen LogP contribution in [0.1, 0.15) is 40.0 Å². The molecule has 0 aliphatic heterocycles. The third-order valence-corrected chi connectivity index (χ3v) is 3.32. The first-order valence-electron chi connectivity index (χ1n) is 4.68. The number of hydrogen-bond donors (Lipinski definition) is 1. The maximum absolute atomic E-state index is 8.86. The Kier molecular flexibility index (Phi) is 2.58. The lowest BCUT2D eigenvalue weighted by atomic mass is 9.84. The van der Waals surface area contributed by atoms with E-state index in [-0.39, 0.29) is 0 Å². The fourth-order valence-corrected chi connectivity index (χ4v) is 2.51. The number of aliphatic hydroxyl groups excluding tert-OH is 1. The molecule has 2 unspecified atom stereocenters. The molecule has 0 radical (unpaired) electrons. The molecule has 1 heteroatoms. The van der Waals surface area contributed by atoms with Crippen LogP contribution in [0.5, 0.6) is 0 Å². The highest BCUT2D eigenvalue weighted by molar-refractivity contribution is 4.87. The minimum Gasteiger partial charge on any atom is -0.396 e. The van der Waals surface area contributed by atoms with Crippen molar-refractivity contribution in [3.05, 3.63) is 0 Å². The standard InChI is InChI=1S/C10H20O/c1-8-6-10(3,4-5-11)7-9(8)2/h8-9,11H,4-7H2,1-3H3. The highest BCUT2D eigenvalue weighted by Crippen LogP contribution is 2.46. The molecule has 0 bridgehead atoms. The predicted octanol–water partition coefficient (Wildman–Crippen LogP) is 2.44. The predicted molar refractivity (Wildman–Crippen MR) is 47.4 cm³/mol. The highest BCUT2D eigenvalue weighted by Gasteiger charge is 2.36. The first kappa shape index (κ1) is 9.05. The van der Waals surface area contributed by atoms with Crippen molar-refractivity contribution < 1.29 is 5.11 Å². The highest BCUT2D eigenvalue weighted by atomic mass is 16.3. The van der Waals surface area contributed by atoms with E-state index in [4.69, 9.17) is 5.11 Å². The van der Waals surface area contributed by atoms with Crippen LogP contribution in [-0.4, -0.2) is 11.7 Å². The average molecular weight is 156 g/mol. The van der Waals surface area contributed by atoms with Crippen molar-refractivity contribution in [2.45, 2.75) is 40.0 Å². The maximum atomic E-state index is 8.86. The Balaban J connectivity index is 2.49. The minimum absolute atomic E-state index is 0.357. The van der Waals surface area contributed by atoms with Gasteiger partial charge in [-0.2, -0.15) is 0 Å². The quantitative estimate of drug-likeness (QED) is 0.651. The summed E-state index contributed by atoms with van der Waals surface area (Å²) in [5.41, 5.74) is 0.438. The van der Waals surface area contributed by atoms with Gasteiger partial charge < -0.3 is 5.11 Å². The van der Waals surface area contributed by atoms with Crippen LogP contribution in [0, 0.1) is 17.3 Å². The van der Waals surface area contributed by atoms with Gasteiger partial charge in [-0.05, 0) is 36.5 Å². The van der Waals surface area contributed by atoms with Gasteiger partial charge in [-0.15, -0.1) is 0 Å². The van der Waals surface area contributed by atoms with Gasteiger partial charge in [0.05, 0.1) is 0 Å². The molecule has 0 aromatic rings. The Labute approximate surface area is 69.8 Å². The maximum Gasteiger partial charge on any atom is 0.0436 e. The molecule has 1 aliphatic carbocycles. The van der Waals surface area contributed by atoms with Gasteiger partial charge in [-0.25, -0.2) is 0 Å². The number of hydrogen-bond acceptors (Lipinski definition) is 1. The fraction of sp³-hybridized carbons (Fsp3) is 1.00. The summed E-state index contributed by atoms with van der Waals surface area (Å²) < 4.78 is 0. The van der Waals surface area contributed by atoms with Gasteiger partial charge in [0.25, 0.3) is 0 Å². The van der Waals surface area contributed by atoms with E-state index < -0.39 is 0 Å². The summed E-state index contributed by atoms with van der Waals surface area (Å²) in [6, 6.07) is 0. The Morgan fingerprint density at radius 3 is 2.09 bits per heavy atom. The Bertz CT molecular complexity index is 121.